The van der Waals surface area contributed by atoms with Crippen molar-refractivity contribution in [2.24, 2.45) is 5.92 Å². The van der Waals surface area contributed by atoms with Crippen LogP contribution >= 0.6 is 0 Å². The molecule has 20 heavy (non-hydrogen) atoms. The number of hydrogen-bond acceptors (Lipinski definition) is 0. The second-order valence-corrected chi connectivity index (χ2v) is 6.49. The smallest absolute Gasteiger partial charge is 0.0812 e. The molecule has 2 aromatic rings. The van der Waals surface area contributed by atoms with Gasteiger partial charge in [0, 0.05) is 18.3 Å². The van der Waals surface area contributed by atoms with Crippen LogP contribution in [-0.4, -0.2) is 20.1 Å². The largest absolute Gasteiger partial charge is 0.337 e. The SMILES string of the molecule is C[NH+]1CCC2c3ccccc3C(c3ccccc3)C2C1. The molecule has 4 rings (SSSR count). The molecule has 0 spiro atoms. The van der Waals surface area contributed by atoms with Gasteiger partial charge in [0.2, 0.25) is 0 Å². The molecule has 1 fully saturated rings. The molecule has 1 aliphatic carbocycles. The second-order valence-electron chi connectivity index (χ2n) is 6.49. The third kappa shape index (κ3) is 1.81. The third-order valence-corrected chi connectivity index (χ3v) is 5.30. The maximum atomic E-state index is 2.37. The van der Waals surface area contributed by atoms with Crippen LogP contribution in [0.2, 0.25) is 0 Å². The van der Waals surface area contributed by atoms with Crippen LogP contribution in [0.1, 0.15) is 34.9 Å². The van der Waals surface area contributed by atoms with E-state index in [4.69, 9.17) is 0 Å². The fourth-order valence-corrected chi connectivity index (χ4v) is 4.45. The predicted octanol–water partition coefficient (Wildman–Crippen LogP) is 2.45. The summed E-state index contributed by atoms with van der Waals surface area (Å²) >= 11 is 0. The van der Waals surface area contributed by atoms with Crippen molar-refractivity contribution in [1.82, 2.24) is 0 Å². The average molecular weight is 264 g/mol. The summed E-state index contributed by atoms with van der Waals surface area (Å²) in [6.45, 7) is 2.62. The first-order valence-corrected chi connectivity index (χ1v) is 7.79. The minimum Gasteiger partial charge on any atom is -0.337 e. The minimum absolute atomic E-state index is 0.604. The molecule has 4 atom stereocenters. The van der Waals surface area contributed by atoms with Crippen LogP contribution in [0.5, 0.6) is 0 Å². The van der Waals surface area contributed by atoms with Crippen molar-refractivity contribution in [3.05, 3.63) is 71.3 Å². The van der Waals surface area contributed by atoms with Crippen molar-refractivity contribution in [3.63, 3.8) is 0 Å². The summed E-state index contributed by atoms with van der Waals surface area (Å²) in [6.07, 6.45) is 1.34. The van der Waals surface area contributed by atoms with Crippen LogP contribution in [0.25, 0.3) is 0 Å². The van der Waals surface area contributed by atoms with E-state index in [1.807, 2.05) is 0 Å². The number of fused-ring (bicyclic) bond motifs is 3. The standard InChI is InChI=1S/C19H21N/c1-20-12-11-16-15-9-5-6-10-17(15)19(18(16)13-20)14-7-3-2-4-8-14/h2-10,16,18-19H,11-13H2,1H3/p+1. The van der Waals surface area contributed by atoms with Gasteiger partial charge < -0.3 is 4.90 Å². The molecule has 102 valence electrons. The van der Waals surface area contributed by atoms with Gasteiger partial charge in [0.15, 0.2) is 0 Å². The molecule has 0 aromatic heterocycles. The number of piperidine rings is 1. The summed E-state index contributed by atoms with van der Waals surface area (Å²) < 4.78 is 0. The van der Waals surface area contributed by atoms with E-state index < -0.39 is 0 Å². The first-order valence-electron chi connectivity index (χ1n) is 7.79. The van der Waals surface area contributed by atoms with Crippen LogP contribution in [0.3, 0.4) is 0 Å². The number of rotatable bonds is 1. The molecule has 1 N–H and O–H groups in total. The molecule has 1 saturated heterocycles. The Morgan fingerprint density at radius 2 is 1.60 bits per heavy atom. The van der Waals surface area contributed by atoms with Gasteiger partial charge in [-0.3, -0.25) is 0 Å². The average Bonchev–Trinajstić information content (AvgIpc) is 2.81. The number of benzene rings is 2. The first-order chi connectivity index (χ1) is 9.84. The lowest BCUT2D eigenvalue weighted by molar-refractivity contribution is -0.889. The molecular weight excluding hydrogens is 242 g/mol. The van der Waals surface area contributed by atoms with Gasteiger partial charge in [-0.15, -0.1) is 0 Å². The van der Waals surface area contributed by atoms with Crippen molar-refractivity contribution < 1.29 is 4.90 Å². The zero-order valence-corrected chi connectivity index (χ0v) is 12.0. The fourth-order valence-electron chi connectivity index (χ4n) is 4.45. The summed E-state index contributed by atoms with van der Waals surface area (Å²) in [4.78, 5) is 1.69. The molecule has 1 heteroatoms. The molecule has 2 aliphatic rings. The zero-order valence-electron chi connectivity index (χ0n) is 12.0. The van der Waals surface area contributed by atoms with Crippen molar-refractivity contribution in [1.29, 1.82) is 0 Å². The highest BCUT2D eigenvalue weighted by molar-refractivity contribution is 5.46. The highest BCUT2D eigenvalue weighted by atomic mass is 15.1. The summed E-state index contributed by atoms with van der Waals surface area (Å²) in [6, 6.07) is 20.3. The predicted molar refractivity (Wildman–Crippen MR) is 82.2 cm³/mol. The van der Waals surface area contributed by atoms with Gasteiger partial charge in [-0.25, -0.2) is 0 Å². The molecule has 0 radical (unpaired) electrons. The summed E-state index contributed by atoms with van der Waals surface area (Å²) in [5.74, 6) is 2.16. The van der Waals surface area contributed by atoms with Gasteiger partial charge in [0.1, 0.15) is 0 Å². The van der Waals surface area contributed by atoms with Crippen molar-refractivity contribution in [2.45, 2.75) is 18.3 Å². The highest BCUT2D eigenvalue weighted by Gasteiger charge is 2.45. The van der Waals surface area contributed by atoms with Crippen molar-refractivity contribution >= 4 is 0 Å². The molecule has 2 aromatic carbocycles. The minimum atomic E-state index is 0.604. The fraction of sp³-hybridized carbons (Fsp3) is 0.368. The Morgan fingerprint density at radius 3 is 2.40 bits per heavy atom. The maximum absolute atomic E-state index is 2.37. The molecule has 0 saturated carbocycles. The Morgan fingerprint density at radius 1 is 0.900 bits per heavy atom. The normalized spacial score (nSPS) is 31.6. The molecule has 4 unspecified atom stereocenters. The van der Waals surface area contributed by atoms with Gasteiger partial charge in [0.05, 0.1) is 20.1 Å². The monoisotopic (exact) mass is 264 g/mol. The molecule has 1 nitrogen and oxygen atoms in total. The van der Waals surface area contributed by atoms with Crippen LogP contribution < -0.4 is 4.90 Å². The Balaban J connectivity index is 1.83. The Bertz CT molecular complexity index is 604. The number of quaternary nitrogens is 1. The topological polar surface area (TPSA) is 4.44 Å². The van der Waals surface area contributed by atoms with Crippen LogP contribution in [0, 0.1) is 5.92 Å². The van der Waals surface area contributed by atoms with E-state index in [9.17, 15) is 0 Å². The van der Waals surface area contributed by atoms with Crippen molar-refractivity contribution in [2.75, 3.05) is 20.1 Å². The number of hydrogen-bond donors (Lipinski definition) is 1. The Labute approximate surface area is 121 Å². The van der Waals surface area contributed by atoms with Crippen LogP contribution in [0.4, 0.5) is 0 Å². The van der Waals surface area contributed by atoms with E-state index in [1.165, 1.54) is 25.1 Å². The van der Waals surface area contributed by atoms with Crippen LogP contribution in [0.15, 0.2) is 54.6 Å². The van der Waals surface area contributed by atoms with Gasteiger partial charge in [-0.2, -0.15) is 0 Å². The summed E-state index contributed by atoms with van der Waals surface area (Å²) in [7, 11) is 2.35. The number of likely N-dealkylation sites (tertiary alicyclic amines) is 1. The molecule has 1 heterocycles. The van der Waals surface area contributed by atoms with E-state index in [2.05, 4.69) is 61.6 Å². The van der Waals surface area contributed by atoms with E-state index in [0.717, 1.165) is 11.8 Å². The lowest BCUT2D eigenvalue weighted by Gasteiger charge is -2.33. The molecule has 1 aliphatic heterocycles. The van der Waals surface area contributed by atoms with Crippen LogP contribution in [-0.2, 0) is 0 Å². The van der Waals surface area contributed by atoms with Crippen molar-refractivity contribution in [3.8, 4) is 0 Å². The van der Waals surface area contributed by atoms with Gasteiger partial charge >= 0.3 is 0 Å². The maximum Gasteiger partial charge on any atom is 0.0812 e. The second kappa shape index (κ2) is 4.75. The third-order valence-electron chi connectivity index (χ3n) is 5.30. The lowest BCUT2D eigenvalue weighted by Crippen LogP contribution is -3.11. The quantitative estimate of drug-likeness (QED) is 0.807. The number of nitrogens with one attached hydrogen (secondary N) is 1. The first kappa shape index (κ1) is 12.2. The van der Waals surface area contributed by atoms with Gasteiger partial charge in [-0.1, -0.05) is 54.6 Å². The van der Waals surface area contributed by atoms with E-state index in [-0.39, 0.29) is 0 Å². The van der Waals surface area contributed by atoms with Gasteiger partial charge in [-0.05, 0) is 22.6 Å². The Hall–Kier alpha value is -1.60. The lowest BCUT2D eigenvalue weighted by atomic mass is 9.79. The molecular formula is C19H22N+. The molecule has 0 amide bonds. The van der Waals surface area contributed by atoms with Gasteiger partial charge in [0.25, 0.3) is 0 Å². The zero-order chi connectivity index (χ0) is 13.5. The van der Waals surface area contributed by atoms with E-state index >= 15 is 0 Å². The summed E-state index contributed by atoms with van der Waals surface area (Å²) in [5, 5.41) is 0. The highest BCUT2D eigenvalue weighted by Crippen LogP contribution is 2.50. The molecule has 0 bridgehead atoms. The van der Waals surface area contributed by atoms with E-state index in [1.54, 1.807) is 16.0 Å². The van der Waals surface area contributed by atoms with E-state index in [0.29, 0.717) is 5.92 Å². The Kier molecular flexibility index (Phi) is 2.89. The summed E-state index contributed by atoms with van der Waals surface area (Å²) in [5.41, 5.74) is 4.71.